The molecule has 0 radical (unpaired) electrons. The highest BCUT2D eigenvalue weighted by Gasteiger charge is 2.05. The predicted molar refractivity (Wildman–Crippen MR) is 78.8 cm³/mol. The zero-order chi connectivity index (χ0) is 14.4. The molecular weight excluding hydrogens is 252 g/mol. The molecule has 0 aliphatic carbocycles. The lowest BCUT2D eigenvalue weighted by Gasteiger charge is -2.05. The molecule has 2 rings (SSSR count). The molecule has 2 aromatic carbocycles. The molecule has 4 nitrogen and oxygen atoms in total. The van der Waals surface area contributed by atoms with Crippen molar-refractivity contribution >= 4 is 11.6 Å². The molecule has 0 aromatic heterocycles. The van der Waals surface area contributed by atoms with Crippen LogP contribution in [0.2, 0.25) is 0 Å². The number of carbonyl (C=O) groups is 1. The van der Waals surface area contributed by atoms with Gasteiger partial charge in [0, 0.05) is 5.56 Å². The maximum Gasteiger partial charge on any atom is 0.271 e. The van der Waals surface area contributed by atoms with Crippen molar-refractivity contribution in [2.24, 2.45) is 5.10 Å². The van der Waals surface area contributed by atoms with E-state index in [0.717, 1.165) is 11.3 Å². The summed E-state index contributed by atoms with van der Waals surface area (Å²) in [5.74, 6) is -0.0344. The Kier molecular flexibility index (Phi) is 4.50. The van der Waals surface area contributed by atoms with Gasteiger partial charge in [-0.3, -0.25) is 4.79 Å². The van der Waals surface area contributed by atoms with E-state index in [9.17, 15) is 9.90 Å². The number of hydrogen-bond acceptors (Lipinski definition) is 3. The zero-order valence-electron chi connectivity index (χ0n) is 11.2. The van der Waals surface area contributed by atoms with Crippen molar-refractivity contribution in [3.8, 4) is 5.75 Å². The second-order valence-corrected chi connectivity index (χ2v) is 4.27. The molecule has 0 heterocycles. The molecule has 0 unspecified atom stereocenters. The molecule has 0 aliphatic heterocycles. The third-order valence-corrected chi connectivity index (χ3v) is 2.86. The van der Waals surface area contributed by atoms with Gasteiger partial charge >= 0.3 is 0 Å². The van der Waals surface area contributed by atoms with Gasteiger partial charge in [0.1, 0.15) is 5.75 Å². The van der Waals surface area contributed by atoms with Gasteiger partial charge in [-0.2, -0.15) is 5.10 Å². The Morgan fingerprint density at radius 2 is 1.70 bits per heavy atom. The lowest BCUT2D eigenvalue weighted by molar-refractivity contribution is 0.0955. The van der Waals surface area contributed by atoms with Gasteiger partial charge < -0.3 is 5.11 Å². The van der Waals surface area contributed by atoms with Crippen molar-refractivity contribution in [3.63, 3.8) is 0 Å². The molecule has 0 saturated carbocycles. The van der Waals surface area contributed by atoms with Crippen molar-refractivity contribution in [2.45, 2.75) is 13.3 Å². The molecule has 102 valence electrons. The quantitative estimate of drug-likeness (QED) is 0.661. The average Bonchev–Trinajstić information content (AvgIpc) is 2.50. The third-order valence-electron chi connectivity index (χ3n) is 2.86. The van der Waals surface area contributed by atoms with Gasteiger partial charge in [-0.05, 0) is 48.4 Å². The number of hydrogen-bond donors (Lipinski definition) is 2. The Morgan fingerprint density at radius 3 is 2.30 bits per heavy atom. The topological polar surface area (TPSA) is 61.7 Å². The Morgan fingerprint density at radius 1 is 1.05 bits per heavy atom. The smallest absolute Gasteiger partial charge is 0.271 e. The van der Waals surface area contributed by atoms with E-state index in [1.54, 1.807) is 48.5 Å². The number of nitrogens with one attached hydrogen (secondary N) is 1. The molecular formula is C16H16N2O2. The molecule has 20 heavy (non-hydrogen) atoms. The van der Waals surface area contributed by atoms with Crippen molar-refractivity contribution in [2.75, 3.05) is 0 Å². The average molecular weight is 268 g/mol. The van der Waals surface area contributed by atoms with Crippen molar-refractivity contribution in [1.82, 2.24) is 5.43 Å². The maximum absolute atomic E-state index is 11.9. The largest absolute Gasteiger partial charge is 0.508 e. The highest BCUT2D eigenvalue weighted by Crippen LogP contribution is 2.11. The Balaban J connectivity index is 2.12. The molecule has 0 atom stereocenters. The fourth-order valence-corrected chi connectivity index (χ4v) is 1.77. The number of aromatic hydroxyl groups is 1. The monoisotopic (exact) mass is 268 g/mol. The van der Waals surface area contributed by atoms with Gasteiger partial charge in [-0.15, -0.1) is 0 Å². The highest BCUT2D eigenvalue weighted by atomic mass is 16.3. The fraction of sp³-hybridized carbons (Fsp3) is 0.125. The van der Waals surface area contributed by atoms with E-state index in [2.05, 4.69) is 10.5 Å². The first-order valence-electron chi connectivity index (χ1n) is 6.42. The SMILES string of the molecule is CCC(=NNC(=O)c1ccccc1)c1ccc(O)cc1. The number of amides is 1. The van der Waals surface area contributed by atoms with Gasteiger partial charge in [-0.25, -0.2) is 5.43 Å². The summed E-state index contributed by atoms with van der Waals surface area (Å²) in [6.07, 6.45) is 0.680. The second-order valence-electron chi connectivity index (χ2n) is 4.27. The van der Waals surface area contributed by atoms with Crippen LogP contribution >= 0.6 is 0 Å². The first kappa shape index (κ1) is 13.8. The molecule has 0 fully saturated rings. The van der Waals surface area contributed by atoms with Crippen LogP contribution in [-0.2, 0) is 0 Å². The number of rotatable bonds is 4. The highest BCUT2D eigenvalue weighted by molar-refractivity contribution is 6.02. The summed E-state index contributed by atoms with van der Waals surface area (Å²) in [6, 6.07) is 15.7. The number of carbonyl (C=O) groups excluding carboxylic acids is 1. The molecule has 0 aliphatic rings. The lowest BCUT2D eigenvalue weighted by atomic mass is 10.1. The van der Waals surface area contributed by atoms with Crippen LogP contribution in [0.25, 0.3) is 0 Å². The van der Waals surface area contributed by atoms with Gasteiger partial charge in [-0.1, -0.05) is 25.1 Å². The maximum atomic E-state index is 11.9. The van der Waals surface area contributed by atoms with E-state index in [1.807, 2.05) is 13.0 Å². The van der Waals surface area contributed by atoms with Crippen LogP contribution in [0.5, 0.6) is 5.75 Å². The first-order chi connectivity index (χ1) is 9.70. The molecule has 0 spiro atoms. The summed E-state index contributed by atoms with van der Waals surface area (Å²) in [4.78, 5) is 11.9. The summed E-state index contributed by atoms with van der Waals surface area (Å²) in [5, 5.41) is 13.4. The molecule has 0 bridgehead atoms. The van der Waals surface area contributed by atoms with Crippen LogP contribution < -0.4 is 5.43 Å². The summed E-state index contributed by atoms with van der Waals surface area (Å²) in [7, 11) is 0. The van der Waals surface area contributed by atoms with Crippen LogP contribution in [0, 0.1) is 0 Å². The van der Waals surface area contributed by atoms with Crippen LogP contribution in [0.4, 0.5) is 0 Å². The van der Waals surface area contributed by atoms with Crippen LogP contribution in [-0.4, -0.2) is 16.7 Å². The number of benzene rings is 2. The standard InChI is InChI=1S/C16H16N2O2/c1-2-15(12-8-10-14(19)11-9-12)17-18-16(20)13-6-4-3-5-7-13/h3-11,19H,2H2,1H3,(H,18,20). The third kappa shape index (κ3) is 3.45. The Labute approximate surface area is 117 Å². The summed E-state index contributed by atoms with van der Waals surface area (Å²) in [5.41, 5.74) is 4.75. The number of phenols is 1. The van der Waals surface area contributed by atoms with Crippen LogP contribution in [0.15, 0.2) is 59.7 Å². The van der Waals surface area contributed by atoms with E-state index in [-0.39, 0.29) is 11.7 Å². The Hall–Kier alpha value is -2.62. The lowest BCUT2D eigenvalue weighted by Crippen LogP contribution is -2.19. The molecule has 1 amide bonds. The minimum absolute atomic E-state index is 0.206. The van der Waals surface area contributed by atoms with Gasteiger partial charge in [0.25, 0.3) is 5.91 Å². The van der Waals surface area contributed by atoms with E-state index in [0.29, 0.717) is 12.0 Å². The number of nitrogens with zero attached hydrogens (tertiary/aromatic N) is 1. The summed E-state index contributed by atoms with van der Waals surface area (Å²) >= 11 is 0. The summed E-state index contributed by atoms with van der Waals surface area (Å²) < 4.78 is 0. The van der Waals surface area contributed by atoms with Crippen LogP contribution in [0.1, 0.15) is 29.3 Å². The van der Waals surface area contributed by atoms with Crippen molar-refractivity contribution in [3.05, 3.63) is 65.7 Å². The van der Waals surface area contributed by atoms with Crippen molar-refractivity contribution in [1.29, 1.82) is 0 Å². The first-order valence-corrected chi connectivity index (χ1v) is 6.42. The molecule has 2 aromatic rings. The Bertz CT molecular complexity index is 604. The minimum Gasteiger partial charge on any atom is -0.508 e. The summed E-state index contributed by atoms with van der Waals surface area (Å²) in [6.45, 7) is 1.96. The predicted octanol–water partition coefficient (Wildman–Crippen LogP) is 2.94. The number of phenolic OH excluding ortho intramolecular Hbond substituents is 1. The minimum atomic E-state index is -0.240. The van der Waals surface area contributed by atoms with E-state index < -0.39 is 0 Å². The van der Waals surface area contributed by atoms with E-state index in [1.165, 1.54) is 0 Å². The number of hydrazone groups is 1. The van der Waals surface area contributed by atoms with E-state index >= 15 is 0 Å². The van der Waals surface area contributed by atoms with Gasteiger partial charge in [0.05, 0.1) is 5.71 Å². The normalized spacial score (nSPS) is 11.2. The zero-order valence-corrected chi connectivity index (χ0v) is 11.2. The van der Waals surface area contributed by atoms with E-state index in [4.69, 9.17) is 0 Å². The molecule has 4 heteroatoms. The molecule has 0 saturated heterocycles. The van der Waals surface area contributed by atoms with Crippen molar-refractivity contribution < 1.29 is 9.90 Å². The fourth-order valence-electron chi connectivity index (χ4n) is 1.77. The van der Waals surface area contributed by atoms with Gasteiger partial charge in [0.2, 0.25) is 0 Å². The second kappa shape index (κ2) is 6.52. The molecule has 2 N–H and O–H groups in total. The van der Waals surface area contributed by atoms with Crippen LogP contribution in [0.3, 0.4) is 0 Å². The van der Waals surface area contributed by atoms with Gasteiger partial charge in [0.15, 0.2) is 0 Å².